The number of Topliss-reactive ketones (excluding diaryl/α,β-unsaturated/α-hetero) is 1. The van der Waals surface area contributed by atoms with E-state index in [1.807, 2.05) is 42.5 Å². The van der Waals surface area contributed by atoms with Gasteiger partial charge in [0.2, 0.25) is 0 Å². The molecule has 0 bridgehead atoms. The largest absolute Gasteiger partial charge is 0.297 e. The van der Waals surface area contributed by atoms with Gasteiger partial charge in [-0.3, -0.25) is 19.5 Å². The second-order valence-electron chi connectivity index (χ2n) is 5.82. The lowest BCUT2D eigenvalue weighted by Crippen LogP contribution is -2.37. The smallest absolute Gasteiger partial charge is 0.264 e. The van der Waals surface area contributed by atoms with Crippen LogP contribution in [0.25, 0.3) is 0 Å². The number of aromatic nitrogens is 1. The highest BCUT2D eigenvalue weighted by molar-refractivity contribution is 8.25. The number of rotatable bonds is 3. The molecule has 1 unspecified atom stereocenters. The number of hydrogen-bond donors (Lipinski definition) is 0. The highest BCUT2D eigenvalue weighted by atomic mass is 32.2. The van der Waals surface area contributed by atoms with Crippen LogP contribution in [0.4, 0.5) is 5.69 Å². The van der Waals surface area contributed by atoms with Gasteiger partial charge in [-0.1, -0.05) is 24.3 Å². The molecule has 0 aliphatic carbocycles. The van der Waals surface area contributed by atoms with Crippen LogP contribution in [0, 0.1) is 0 Å². The minimum Gasteiger partial charge on any atom is -0.297 e. The van der Waals surface area contributed by atoms with Crippen LogP contribution < -0.4 is 4.90 Å². The molecular weight excluding hydrogens is 352 g/mol. The van der Waals surface area contributed by atoms with Crippen molar-refractivity contribution in [1.82, 2.24) is 4.98 Å². The number of ketones is 1. The van der Waals surface area contributed by atoms with E-state index >= 15 is 0 Å². The predicted molar refractivity (Wildman–Crippen MR) is 103 cm³/mol. The van der Waals surface area contributed by atoms with Gasteiger partial charge >= 0.3 is 0 Å². The Morgan fingerprint density at radius 1 is 1.04 bits per heavy atom. The number of pyridine rings is 1. The molecule has 1 aromatic heterocycles. The summed E-state index contributed by atoms with van der Waals surface area (Å²) in [5.41, 5.74) is 2.08. The van der Waals surface area contributed by atoms with Crippen LogP contribution in [0.3, 0.4) is 0 Å². The fourth-order valence-electron chi connectivity index (χ4n) is 3.11. The van der Waals surface area contributed by atoms with Gasteiger partial charge in [-0.25, -0.2) is 0 Å². The number of carbonyl (C=O) groups is 2. The van der Waals surface area contributed by atoms with E-state index in [-0.39, 0.29) is 11.7 Å². The molecule has 4 rings (SSSR count). The SMILES string of the molecule is O=C1C(=C2SCCS2)C(=O)N(c2ccccc2)C1Cc1cccnc1. The second kappa shape index (κ2) is 7.06. The molecule has 0 radical (unpaired) electrons. The van der Waals surface area contributed by atoms with Gasteiger partial charge in [0, 0.05) is 36.0 Å². The summed E-state index contributed by atoms with van der Waals surface area (Å²) in [6, 6.07) is 12.7. The van der Waals surface area contributed by atoms with Crippen molar-refractivity contribution in [3.05, 3.63) is 70.2 Å². The number of amides is 1. The topological polar surface area (TPSA) is 50.3 Å². The molecule has 0 spiro atoms. The molecule has 126 valence electrons. The van der Waals surface area contributed by atoms with Crippen LogP contribution in [0.1, 0.15) is 5.56 Å². The lowest BCUT2D eigenvalue weighted by molar-refractivity contribution is -0.116. The number of nitrogens with zero attached hydrogens (tertiary/aromatic N) is 2. The Bertz CT molecular complexity index is 829. The van der Waals surface area contributed by atoms with Crippen molar-refractivity contribution in [2.24, 2.45) is 0 Å². The van der Waals surface area contributed by atoms with E-state index in [9.17, 15) is 9.59 Å². The van der Waals surface area contributed by atoms with Crippen molar-refractivity contribution in [2.45, 2.75) is 12.5 Å². The van der Waals surface area contributed by atoms with E-state index < -0.39 is 6.04 Å². The van der Waals surface area contributed by atoms with Crippen molar-refractivity contribution in [1.29, 1.82) is 0 Å². The van der Waals surface area contributed by atoms with Crippen LogP contribution in [-0.4, -0.2) is 34.2 Å². The van der Waals surface area contributed by atoms with Gasteiger partial charge in [0.15, 0.2) is 5.78 Å². The molecule has 25 heavy (non-hydrogen) atoms. The molecule has 1 aromatic carbocycles. The van der Waals surface area contributed by atoms with E-state index in [0.717, 1.165) is 27.0 Å². The van der Waals surface area contributed by atoms with Gasteiger partial charge in [-0.05, 0) is 23.8 Å². The molecule has 2 aliphatic rings. The fourth-order valence-corrected chi connectivity index (χ4v) is 5.64. The lowest BCUT2D eigenvalue weighted by Gasteiger charge is -2.23. The molecule has 0 saturated carbocycles. The summed E-state index contributed by atoms with van der Waals surface area (Å²) in [6.07, 6.45) is 3.93. The standard InChI is InChI=1S/C19H16N2O2S2/c22-17-15(11-13-5-4-8-20-12-13)21(14-6-2-1-3-7-14)18(23)16(17)19-24-9-10-25-19/h1-8,12,15H,9-11H2. The van der Waals surface area contributed by atoms with E-state index in [1.54, 1.807) is 40.8 Å². The Kier molecular flexibility index (Phi) is 4.63. The van der Waals surface area contributed by atoms with Gasteiger partial charge in [0.1, 0.15) is 11.6 Å². The first-order valence-electron chi connectivity index (χ1n) is 8.07. The van der Waals surface area contributed by atoms with Crippen LogP contribution in [0.15, 0.2) is 64.7 Å². The average Bonchev–Trinajstić information content (AvgIpc) is 3.24. The first-order valence-corrected chi connectivity index (χ1v) is 10.0. The maximum atomic E-state index is 13.1. The van der Waals surface area contributed by atoms with Crippen LogP contribution in [0.2, 0.25) is 0 Å². The van der Waals surface area contributed by atoms with Crippen LogP contribution in [-0.2, 0) is 16.0 Å². The maximum Gasteiger partial charge on any atom is 0.264 e. The highest BCUT2D eigenvalue weighted by Gasteiger charge is 2.46. The normalized spacial score (nSPS) is 20.6. The second-order valence-corrected chi connectivity index (χ2v) is 8.28. The summed E-state index contributed by atoms with van der Waals surface area (Å²) in [5, 5.41) is 0. The molecule has 4 nitrogen and oxygen atoms in total. The van der Waals surface area contributed by atoms with Crippen molar-refractivity contribution < 1.29 is 9.59 Å². The molecule has 2 aromatic rings. The van der Waals surface area contributed by atoms with Gasteiger partial charge in [0.05, 0.1) is 4.24 Å². The zero-order valence-corrected chi connectivity index (χ0v) is 15.1. The molecule has 2 fully saturated rings. The third-order valence-corrected chi connectivity index (χ3v) is 6.95. The van der Waals surface area contributed by atoms with Gasteiger partial charge in [-0.15, -0.1) is 23.5 Å². The van der Waals surface area contributed by atoms with Crippen molar-refractivity contribution >= 4 is 40.9 Å². The number of hydrogen-bond acceptors (Lipinski definition) is 5. The third-order valence-electron chi connectivity index (χ3n) is 4.23. The Hall–Kier alpha value is -2.05. The zero-order valence-electron chi connectivity index (χ0n) is 13.4. The van der Waals surface area contributed by atoms with Crippen LogP contribution >= 0.6 is 23.5 Å². The maximum absolute atomic E-state index is 13.1. The Labute approximate surface area is 154 Å². The van der Waals surface area contributed by atoms with Gasteiger partial charge in [0.25, 0.3) is 5.91 Å². The summed E-state index contributed by atoms with van der Waals surface area (Å²) >= 11 is 3.23. The Morgan fingerprint density at radius 3 is 2.48 bits per heavy atom. The third kappa shape index (κ3) is 3.12. The minimum atomic E-state index is -0.511. The number of carbonyl (C=O) groups excluding carboxylic acids is 2. The minimum absolute atomic E-state index is 0.0744. The summed E-state index contributed by atoms with van der Waals surface area (Å²) in [6.45, 7) is 0. The summed E-state index contributed by atoms with van der Waals surface area (Å²) in [5.74, 6) is 1.64. The van der Waals surface area contributed by atoms with Gasteiger partial charge < -0.3 is 0 Å². The lowest BCUT2D eigenvalue weighted by atomic mass is 10.0. The monoisotopic (exact) mass is 368 g/mol. The molecule has 6 heteroatoms. The highest BCUT2D eigenvalue weighted by Crippen LogP contribution is 2.42. The van der Waals surface area contributed by atoms with Gasteiger partial charge in [-0.2, -0.15) is 0 Å². The predicted octanol–water partition coefficient (Wildman–Crippen LogP) is 3.30. The van der Waals surface area contributed by atoms with E-state index in [2.05, 4.69) is 4.98 Å². The van der Waals surface area contributed by atoms with E-state index in [4.69, 9.17) is 0 Å². The molecular formula is C19H16N2O2S2. The summed E-state index contributed by atoms with van der Waals surface area (Å²) in [7, 11) is 0. The van der Waals surface area contributed by atoms with E-state index in [1.165, 1.54) is 0 Å². The molecule has 3 heterocycles. The van der Waals surface area contributed by atoms with Crippen molar-refractivity contribution in [2.75, 3.05) is 16.4 Å². The summed E-state index contributed by atoms with van der Waals surface area (Å²) in [4.78, 5) is 32.0. The Balaban J connectivity index is 1.76. The van der Waals surface area contributed by atoms with Crippen molar-refractivity contribution in [3.8, 4) is 0 Å². The first kappa shape index (κ1) is 16.4. The molecule has 1 atom stereocenters. The summed E-state index contributed by atoms with van der Waals surface area (Å²) < 4.78 is 0.879. The number of thioether (sulfide) groups is 2. The molecule has 2 saturated heterocycles. The fraction of sp³-hybridized carbons (Fsp3) is 0.211. The number of benzene rings is 1. The molecule has 0 N–H and O–H groups in total. The number of anilines is 1. The van der Waals surface area contributed by atoms with Crippen molar-refractivity contribution in [3.63, 3.8) is 0 Å². The van der Waals surface area contributed by atoms with Crippen LogP contribution in [0.5, 0.6) is 0 Å². The zero-order chi connectivity index (χ0) is 17.2. The van der Waals surface area contributed by atoms with E-state index in [0.29, 0.717) is 12.0 Å². The first-order chi connectivity index (χ1) is 12.3. The molecule has 2 aliphatic heterocycles. The quantitative estimate of drug-likeness (QED) is 0.615. The molecule has 1 amide bonds. The number of para-hydroxylation sites is 1. The average molecular weight is 368 g/mol. The Morgan fingerprint density at radius 2 is 1.80 bits per heavy atom.